The van der Waals surface area contributed by atoms with Crippen LogP contribution in [-0.4, -0.2) is 24.2 Å². The summed E-state index contributed by atoms with van der Waals surface area (Å²) in [4.78, 5) is 22.4. The number of hydrogen-bond donors (Lipinski definition) is 1. The molecular weight excluding hydrogens is 316 g/mol. The SMILES string of the molecule is Cc1c(NC(=O)COc2ccc3c(c2)OCO3)cccc1[N+](=O)[O-]. The zero-order chi connectivity index (χ0) is 17.1. The Kier molecular flexibility index (Phi) is 4.19. The number of nitro benzene ring substituents is 1. The van der Waals surface area contributed by atoms with Crippen LogP contribution >= 0.6 is 0 Å². The molecular formula is C16H14N2O6. The third-order valence-electron chi connectivity index (χ3n) is 3.49. The molecule has 2 aromatic rings. The number of benzene rings is 2. The van der Waals surface area contributed by atoms with E-state index in [0.717, 1.165) is 0 Å². The van der Waals surface area contributed by atoms with Gasteiger partial charge in [0.2, 0.25) is 6.79 Å². The predicted octanol–water partition coefficient (Wildman–Crippen LogP) is 2.65. The number of nitrogens with one attached hydrogen (secondary N) is 1. The maximum Gasteiger partial charge on any atom is 0.274 e. The first kappa shape index (κ1) is 15.6. The number of nitro groups is 1. The highest BCUT2D eigenvalue weighted by Gasteiger charge is 2.16. The summed E-state index contributed by atoms with van der Waals surface area (Å²) in [5, 5.41) is 13.5. The molecule has 0 radical (unpaired) electrons. The Morgan fingerprint density at radius 2 is 2.08 bits per heavy atom. The van der Waals surface area contributed by atoms with Gasteiger partial charge in [0, 0.05) is 12.1 Å². The summed E-state index contributed by atoms with van der Waals surface area (Å²) in [6.45, 7) is 1.50. The summed E-state index contributed by atoms with van der Waals surface area (Å²) < 4.78 is 15.8. The number of ether oxygens (including phenoxy) is 3. The molecule has 0 unspecified atom stereocenters. The Morgan fingerprint density at radius 1 is 1.29 bits per heavy atom. The molecule has 0 atom stereocenters. The maximum absolute atomic E-state index is 12.0. The van der Waals surface area contributed by atoms with Crippen molar-refractivity contribution < 1.29 is 23.9 Å². The summed E-state index contributed by atoms with van der Waals surface area (Å²) in [6, 6.07) is 9.49. The van der Waals surface area contributed by atoms with Crippen LogP contribution in [0.2, 0.25) is 0 Å². The number of amides is 1. The second-order valence-electron chi connectivity index (χ2n) is 5.06. The normalized spacial score (nSPS) is 11.9. The van der Waals surface area contributed by atoms with Gasteiger partial charge in [-0.3, -0.25) is 14.9 Å². The van der Waals surface area contributed by atoms with Gasteiger partial charge in [-0.1, -0.05) is 6.07 Å². The van der Waals surface area contributed by atoms with Crippen molar-refractivity contribution in [3.8, 4) is 17.2 Å². The van der Waals surface area contributed by atoms with Crippen LogP contribution in [0, 0.1) is 17.0 Å². The minimum atomic E-state index is -0.492. The fourth-order valence-electron chi connectivity index (χ4n) is 2.26. The van der Waals surface area contributed by atoms with Crippen molar-refractivity contribution in [2.24, 2.45) is 0 Å². The maximum atomic E-state index is 12.0. The van der Waals surface area contributed by atoms with Gasteiger partial charge < -0.3 is 19.5 Å². The number of rotatable bonds is 5. The van der Waals surface area contributed by atoms with E-state index < -0.39 is 10.8 Å². The van der Waals surface area contributed by atoms with E-state index in [1.54, 1.807) is 31.2 Å². The second-order valence-corrected chi connectivity index (χ2v) is 5.06. The molecule has 1 aliphatic rings. The molecule has 0 aliphatic carbocycles. The Hall–Kier alpha value is -3.29. The molecule has 8 nitrogen and oxygen atoms in total. The molecule has 0 saturated heterocycles. The van der Waals surface area contributed by atoms with Crippen molar-refractivity contribution in [3.05, 3.63) is 52.1 Å². The molecule has 0 bridgehead atoms. The average Bonchev–Trinajstić information content (AvgIpc) is 3.02. The molecule has 124 valence electrons. The van der Waals surface area contributed by atoms with E-state index >= 15 is 0 Å². The lowest BCUT2D eigenvalue weighted by molar-refractivity contribution is -0.385. The highest BCUT2D eigenvalue weighted by atomic mass is 16.7. The van der Waals surface area contributed by atoms with Gasteiger partial charge in [-0.2, -0.15) is 0 Å². The van der Waals surface area contributed by atoms with Crippen LogP contribution in [0.1, 0.15) is 5.56 Å². The molecule has 1 N–H and O–H groups in total. The fraction of sp³-hybridized carbons (Fsp3) is 0.188. The first-order chi connectivity index (χ1) is 11.5. The number of carbonyl (C=O) groups is 1. The highest BCUT2D eigenvalue weighted by molar-refractivity contribution is 5.93. The van der Waals surface area contributed by atoms with Gasteiger partial charge in [0.05, 0.1) is 16.2 Å². The van der Waals surface area contributed by atoms with E-state index in [2.05, 4.69) is 5.32 Å². The van der Waals surface area contributed by atoms with E-state index in [-0.39, 0.29) is 19.1 Å². The molecule has 0 spiro atoms. The lowest BCUT2D eigenvalue weighted by Crippen LogP contribution is -2.20. The average molecular weight is 330 g/mol. The second kappa shape index (κ2) is 6.45. The summed E-state index contributed by atoms with van der Waals surface area (Å²) in [6.07, 6.45) is 0. The number of nitrogens with zero attached hydrogens (tertiary/aromatic N) is 1. The minimum Gasteiger partial charge on any atom is -0.484 e. The Balaban J connectivity index is 1.62. The molecule has 24 heavy (non-hydrogen) atoms. The molecule has 0 saturated carbocycles. The van der Waals surface area contributed by atoms with Crippen molar-refractivity contribution in [2.45, 2.75) is 6.92 Å². The van der Waals surface area contributed by atoms with E-state index in [0.29, 0.717) is 28.5 Å². The van der Waals surface area contributed by atoms with Gasteiger partial charge >= 0.3 is 0 Å². The van der Waals surface area contributed by atoms with Crippen LogP contribution in [0.15, 0.2) is 36.4 Å². The van der Waals surface area contributed by atoms with Crippen molar-refractivity contribution >= 4 is 17.3 Å². The van der Waals surface area contributed by atoms with E-state index in [1.807, 2.05) is 0 Å². The van der Waals surface area contributed by atoms with Crippen LogP contribution in [0.3, 0.4) is 0 Å². The summed E-state index contributed by atoms with van der Waals surface area (Å²) in [5.74, 6) is 1.22. The molecule has 0 aromatic heterocycles. The Bertz CT molecular complexity index is 805. The predicted molar refractivity (Wildman–Crippen MR) is 84.5 cm³/mol. The Morgan fingerprint density at radius 3 is 2.88 bits per heavy atom. The molecule has 1 aliphatic heterocycles. The van der Waals surface area contributed by atoms with E-state index in [1.165, 1.54) is 12.1 Å². The lowest BCUT2D eigenvalue weighted by Gasteiger charge is -2.10. The van der Waals surface area contributed by atoms with E-state index in [9.17, 15) is 14.9 Å². The topological polar surface area (TPSA) is 99.9 Å². The van der Waals surface area contributed by atoms with Gasteiger partial charge in [0.25, 0.3) is 11.6 Å². The lowest BCUT2D eigenvalue weighted by atomic mass is 10.1. The van der Waals surface area contributed by atoms with Crippen LogP contribution in [0.5, 0.6) is 17.2 Å². The highest BCUT2D eigenvalue weighted by Crippen LogP contribution is 2.35. The molecule has 8 heteroatoms. The van der Waals surface area contributed by atoms with Crippen LogP contribution in [0.4, 0.5) is 11.4 Å². The zero-order valence-corrected chi connectivity index (χ0v) is 12.8. The van der Waals surface area contributed by atoms with Gasteiger partial charge in [0.15, 0.2) is 18.1 Å². The monoisotopic (exact) mass is 330 g/mol. The smallest absolute Gasteiger partial charge is 0.274 e. The van der Waals surface area contributed by atoms with Crippen molar-refractivity contribution in [3.63, 3.8) is 0 Å². The van der Waals surface area contributed by atoms with Crippen molar-refractivity contribution in [2.75, 3.05) is 18.7 Å². The molecule has 2 aromatic carbocycles. The number of anilines is 1. The van der Waals surface area contributed by atoms with Gasteiger partial charge in [-0.15, -0.1) is 0 Å². The van der Waals surface area contributed by atoms with Gasteiger partial charge in [0.1, 0.15) is 5.75 Å². The molecule has 0 fully saturated rings. The third kappa shape index (κ3) is 3.22. The molecule has 1 heterocycles. The van der Waals surface area contributed by atoms with Crippen molar-refractivity contribution in [1.82, 2.24) is 0 Å². The first-order valence-electron chi connectivity index (χ1n) is 7.11. The van der Waals surface area contributed by atoms with Gasteiger partial charge in [-0.25, -0.2) is 0 Å². The van der Waals surface area contributed by atoms with Crippen LogP contribution in [0.25, 0.3) is 0 Å². The summed E-state index contributed by atoms with van der Waals surface area (Å²) in [5.41, 5.74) is 0.715. The largest absolute Gasteiger partial charge is 0.484 e. The minimum absolute atomic E-state index is 0.0514. The quantitative estimate of drug-likeness (QED) is 0.668. The van der Waals surface area contributed by atoms with Crippen molar-refractivity contribution in [1.29, 1.82) is 0 Å². The summed E-state index contributed by atoms with van der Waals surface area (Å²) in [7, 11) is 0. The molecule has 3 rings (SSSR count). The number of fused-ring (bicyclic) bond motifs is 1. The zero-order valence-electron chi connectivity index (χ0n) is 12.8. The summed E-state index contributed by atoms with van der Waals surface area (Å²) >= 11 is 0. The van der Waals surface area contributed by atoms with Gasteiger partial charge in [-0.05, 0) is 25.1 Å². The fourth-order valence-corrected chi connectivity index (χ4v) is 2.26. The number of carbonyl (C=O) groups excluding carboxylic acids is 1. The molecule has 1 amide bonds. The third-order valence-corrected chi connectivity index (χ3v) is 3.49. The van der Waals surface area contributed by atoms with Crippen LogP contribution in [-0.2, 0) is 4.79 Å². The Labute approximate surface area is 137 Å². The standard InChI is InChI=1S/C16H14N2O6/c1-10-12(3-2-4-13(10)18(20)21)17-16(19)8-22-11-5-6-14-15(7-11)24-9-23-14/h2-7H,8-9H2,1H3,(H,17,19). The number of hydrogen-bond acceptors (Lipinski definition) is 6. The first-order valence-corrected chi connectivity index (χ1v) is 7.11. The van der Waals surface area contributed by atoms with Crippen LogP contribution < -0.4 is 19.5 Å². The van der Waals surface area contributed by atoms with E-state index in [4.69, 9.17) is 14.2 Å².